The van der Waals surface area contributed by atoms with Crippen LogP contribution in [0.2, 0.25) is 0 Å². The van der Waals surface area contributed by atoms with Crippen LogP contribution in [0.1, 0.15) is 36.3 Å². The lowest BCUT2D eigenvalue weighted by Gasteiger charge is -2.28. The Kier molecular flexibility index (Phi) is 6.15. The number of aromatic nitrogens is 2. The second kappa shape index (κ2) is 9.69. The van der Waals surface area contributed by atoms with Gasteiger partial charge >= 0.3 is 12.0 Å². The first kappa shape index (κ1) is 20.9. The topological polar surface area (TPSA) is 67.4 Å². The lowest BCUT2D eigenvalue weighted by atomic mass is 10.0. The van der Waals surface area contributed by atoms with Gasteiger partial charge in [-0.2, -0.15) is 0 Å². The number of ether oxygens (including phenoxy) is 1. The van der Waals surface area contributed by atoms with E-state index in [0.29, 0.717) is 17.7 Å². The van der Waals surface area contributed by atoms with Crippen LogP contribution in [0.25, 0.3) is 6.08 Å². The van der Waals surface area contributed by atoms with Gasteiger partial charge < -0.3 is 15.0 Å². The third kappa shape index (κ3) is 5.47. The summed E-state index contributed by atoms with van der Waals surface area (Å²) in [7, 11) is 0. The highest BCUT2D eigenvalue weighted by Crippen LogP contribution is 2.46. The quantitative estimate of drug-likeness (QED) is 0.569. The van der Waals surface area contributed by atoms with Crippen LogP contribution >= 0.6 is 0 Å². The number of hydrogen-bond acceptors (Lipinski definition) is 4. The molecule has 2 heterocycles. The molecule has 1 aliphatic heterocycles. The van der Waals surface area contributed by atoms with Crippen LogP contribution in [0.3, 0.4) is 0 Å². The number of amides is 2. The van der Waals surface area contributed by atoms with E-state index in [2.05, 4.69) is 51.7 Å². The molecule has 2 amide bonds. The fourth-order valence-corrected chi connectivity index (χ4v) is 4.09. The van der Waals surface area contributed by atoms with E-state index in [0.717, 1.165) is 37.9 Å². The molecule has 2 aliphatic rings. The number of rotatable bonds is 5. The number of carbonyl (C=O) groups excluding carboxylic acids is 1. The smallest absolute Gasteiger partial charge is 0.321 e. The minimum atomic E-state index is -0.0153. The largest absolute Gasteiger partial charge is 0.424 e. The van der Waals surface area contributed by atoms with Gasteiger partial charge in [0.25, 0.3) is 0 Å². The summed E-state index contributed by atoms with van der Waals surface area (Å²) in [5.41, 5.74) is 5.00. The molecule has 1 N–H and O–H groups in total. The zero-order valence-corrected chi connectivity index (χ0v) is 18.4. The van der Waals surface area contributed by atoms with Crippen LogP contribution in [-0.2, 0) is 0 Å². The van der Waals surface area contributed by atoms with Crippen molar-refractivity contribution in [3.05, 3.63) is 102 Å². The molecule has 1 aliphatic carbocycles. The fraction of sp³-hybridized carbons (Fsp3) is 0.222. The first-order valence-corrected chi connectivity index (χ1v) is 11.3. The van der Waals surface area contributed by atoms with Crippen molar-refractivity contribution in [2.75, 3.05) is 13.1 Å². The summed E-state index contributed by atoms with van der Waals surface area (Å²) >= 11 is 0. The third-order valence-electron chi connectivity index (χ3n) is 5.98. The molecular formula is C27H26N4O2. The number of nitrogens with zero attached hydrogens (tertiary/aromatic N) is 3. The highest BCUT2D eigenvalue weighted by Gasteiger charge is 2.31. The third-order valence-corrected chi connectivity index (χ3v) is 5.98. The summed E-state index contributed by atoms with van der Waals surface area (Å²) < 4.78 is 5.73. The molecular weight excluding hydrogens is 412 g/mol. The zero-order valence-electron chi connectivity index (χ0n) is 18.4. The Hall–Kier alpha value is -3.93. The molecule has 0 spiro atoms. The standard InChI is InChI=1S/C27H26N4O2/c32-27(30-19-23-18-25(23)22-7-2-1-3-8-22)31-14-10-20(11-15-31)16-21-6-4-9-24(17-21)33-26-28-12-5-13-29-26/h1-9,12-13,16-17,19,25H,10-11,14-15,18H2,(H,30,32)/b23-19+/t25-/m0/s1. The van der Waals surface area contributed by atoms with Gasteiger partial charge in [-0.3, -0.25) is 0 Å². The molecule has 2 aromatic carbocycles. The number of allylic oxidation sites excluding steroid dienone is 1. The number of urea groups is 1. The van der Waals surface area contributed by atoms with Gasteiger partial charge in [-0.15, -0.1) is 0 Å². The molecule has 0 unspecified atom stereocenters. The molecule has 1 aromatic heterocycles. The van der Waals surface area contributed by atoms with Gasteiger partial charge in [0.05, 0.1) is 0 Å². The maximum Gasteiger partial charge on any atom is 0.321 e. The van der Waals surface area contributed by atoms with E-state index in [1.54, 1.807) is 18.5 Å². The Morgan fingerprint density at radius 2 is 1.79 bits per heavy atom. The van der Waals surface area contributed by atoms with Crippen molar-refractivity contribution in [1.29, 1.82) is 0 Å². The number of benzene rings is 2. The average Bonchev–Trinajstić information content (AvgIpc) is 3.64. The summed E-state index contributed by atoms with van der Waals surface area (Å²) in [6, 6.07) is 20.4. The molecule has 1 saturated carbocycles. The summed E-state index contributed by atoms with van der Waals surface area (Å²) in [4.78, 5) is 22.7. The predicted molar refractivity (Wildman–Crippen MR) is 128 cm³/mol. The Morgan fingerprint density at radius 1 is 1.00 bits per heavy atom. The van der Waals surface area contributed by atoms with Crippen molar-refractivity contribution >= 4 is 12.1 Å². The average molecular weight is 439 g/mol. The first-order chi connectivity index (χ1) is 16.2. The van der Waals surface area contributed by atoms with E-state index >= 15 is 0 Å². The second-order valence-corrected chi connectivity index (χ2v) is 8.33. The molecule has 1 saturated heterocycles. The van der Waals surface area contributed by atoms with Gasteiger partial charge in [0.15, 0.2) is 0 Å². The van der Waals surface area contributed by atoms with Crippen molar-refractivity contribution in [2.24, 2.45) is 0 Å². The molecule has 0 radical (unpaired) electrons. The summed E-state index contributed by atoms with van der Waals surface area (Å²) in [5, 5.41) is 2.99. The van der Waals surface area contributed by atoms with Crippen LogP contribution in [0, 0.1) is 0 Å². The number of hydrogen-bond donors (Lipinski definition) is 1. The highest BCUT2D eigenvalue weighted by molar-refractivity contribution is 5.76. The molecule has 6 heteroatoms. The van der Waals surface area contributed by atoms with Gasteiger partial charge in [0.1, 0.15) is 5.75 Å². The van der Waals surface area contributed by atoms with Gasteiger partial charge in [0, 0.05) is 37.6 Å². The van der Waals surface area contributed by atoms with Crippen LogP contribution in [0.15, 0.2) is 90.4 Å². The molecule has 3 aromatic rings. The van der Waals surface area contributed by atoms with E-state index in [1.807, 2.05) is 35.4 Å². The Bertz CT molecular complexity index is 1160. The summed E-state index contributed by atoms with van der Waals surface area (Å²) in [6.07, 6.45) is 10.1. The van der Waals surface area contributed by atoms with Gasteiger partial charge in [0.2, 0.25) is 0 Å². The second-order valence-electron chi connectivity index (χ2n) is 8.33. The van der Waals surface area contributed by atoms with E-state index in [4.69, 9.17) is 4.74 Å². The minimum absolute atomic E-state index is 0.0153. The van der Waals surface area contributed by atoms with Crippen molar-refractivity contribution in [2.45, 2.75) is 25.2 Å². The van der Waals surface area contributed by atoms with E-state index in [1.165, 1.54) is 16.7 Å². The van der Waals surface area contributed by atoms with E-state index < -0.39 is 0 Å². The number of likely N-dealkylation sites (tertiary alicyclic amines) is 1. The summed E-state index contributed by atoms with van der Waals surface area (Å²) in [6.45, 7) is 1.44. The van der Waals surface area contributed by atoms with Gasteiger partial charge in [-0.25, -0.2) is 14.8 Å². The molecule has 6 nitrogen and oxygen atoms in total. The lowest BCUT2D eigenvalue weighted by Crippen LogP contribution is -2.41. The van der Waals surface area contributed by atoms with Crippen molar-refractivity contribution in [3.63, 3.8) is 0 Å². The van der Waals surface area contributed by atoms with Gasteiger partial charge in [-0.05, 0) is 54.2 Å². The maximum atomic E-state index is 12.6. The normalized spacial score (nSPS) is 18.7. The molecule has 33 heavy (non-hydrogen) atoms. The predicted octanol–water partition coefficient (Wildman–Crippen LogP) is 5.53. The number of nitrogens with one attached hydrogen (secondary N) is 1. The first-order valence-electron chi connectivity index (χ1n) is 11.3. The zero-order chi connectivity index (χ0) is 22.5. The van der Waals surface area contributed by atoms with Crippen molar-refractivity contribution < 1.29 is 9.53 Å². The fourth-order valence-electron chi connectivity index (χ4n) is 4.09. The Labute approximate surface area is 193 Å². The lowest BCUT2D eigenvalue weighted by molar-refractivity contribution is 0.197. The maximum absolute atomic E-state index is 12.6. The summed E-state index contributed by atoms with van der Waals surface area (Å²) in [5.74, 6) is 1.16. The Morgan fingerprint density at radius 3 is 2.58 bits per heavy atom. The van der Waals surface area contributed by atoms with E-state index in [-0.39, 0.29) is 6.03 Å². The molecule has 1 atom stereocenters. The van der Waals surface area contributed by atoms with Gasteiger partial charge in [-0.1, -0.05) is 54.1 Å². The van der Waals surface area contributed by atoms with E-state index in [9.17, 15) is 4.79 Å². The highest BCUT2D eigenvalue weighted by atomic mass is 16.5. The van der Waals surface area contributed by atoms with Crippen LogP contribution in [0.4, 0.5) is 4.79 Å². The molecule has 0 bridgehead atoms. The number of piperidine rings is 1. The van der Waals surface area contributed by atoms with Crippen LogP contribution in [0.5, 0.6) is 11.8 Å². The van der Waals surface area contributed by atoms with Crippen LogP contribution in [-0.4, -0.2) is 34.0 Å². The minimum Gasteiger partial charge on any atom is -0.424 e. The molecule has 166 valence electrons. The monoisotopic (exact) mass is 438 g/mol. The van der Waals surface area contributed by atoms with Crippen molar-refractivity contribution in [3.8, 4) is 11.8 Å². The number of carbonyl (C=O) groups is 1. The van der Waals surface area contributed by atoms with Crippen LogP contribution < -0.4 is 10.1 Å². The van der Waals surface area contributed by atoms with Crippen molar-refractivity contribution in [1.82, 2.24) is 20.2 Å². The Balaban J connectivity index is 1.12. The SMILES string of the molecule is O=C(N/C=C1\C[C@H]1c1ccccc1)N1CCC(=Cc2cccc(Oc3ncccn3)c2)CC1. The molecule has 2 fully saturated rings. The molecule has 5 rings (SSSR count).